The standard InChI is InChI=1S/C23H18FNO5/c1-14-22(27)20(26)7-8-25(14)11-16-13-30-21-6-5-18(10-19(21)23(16)28)29-12-15-3-2-4-17(24)9-15/h2-10,13,27H,11-12H2,1H3. The Balaban J connectivity index is 1.63. The van der Waals surface area contributed by atoms with Crippen LogP contribution in [0.1, 0.15) is 16.8 Å². The van der Waals surface area contributed by atoms with Gasteiger partial charge in [-0.25, -0.2) is 4.39 Å². The third-order valence-corrected chi connectivity index (χ3v) is 4.86. The molecule has 0 unspecified atom stereocenters. The third kappa shape index (κ3) is 3.82. The lowest BCUT2D eigenvalue weighted by molar-refractivity contribution is 0.306. The van der Waals surface area contributed by atoms with Crippen molar-refractivity contribution in [1.82, 2.24) is 4.57 Å². The van der Waals surface area contributed by atoms with E-state index in [2.05, 4.69) is 0 Å². The maximum atomic E-state index is 13.3. The maximum Gasteiger partial charge on any atom is 0.223 e. The lowest BCUT2D eigenvalue weighted by Crippen LogP contribution is -2.16. The first-order valence-electron chi connectivity index (χ1n) is 9.23. The van der Waals surface area contributed by atoms with Crippen molar-refractivity contribution >= 4 is 11.0 Å². The zero-order chi connectivity index (χ0) is 21.3. The highest BCUT2D eigenvalue weighted by Gasteiger charge is 2.12. The Kier molecular flexibility index (Phi) is 5.10. The quantitative estimate of drug-likeness (QED) is 0.545. The van der Waals surface area contributed by atoms with E-state index in [0.717, 1.165) is 0 Å². The minimum absolute atomic E-state index is 0.131. The minimum Gasteiger partial charge on any atom is -0.503 e. The molecule has 0 radical (unpaired) electrons. The molecule has 152 valence electrons. The van der Waals surface area contributed by atoms with Gasteiger partial charge in [0.1, 0.15) is 23.8 Å². The topological polar surface area (TPSA) is 81.7 Å². The predicted molar refractivity (Wildman–Crippen MR) is 109 cm³/mol. The van der Waals surface area contributed by atoms with Crippen LogP contribution in [0.5, 0.6) is 11.5 Å². The van der Waals surface area contributed by atoms with Crippen LogP contribution in [0.2, 0.25) is 0 Å². The van der Waals surface area contributed by atoms with Gasteiger partial charge < -0.3 is 18.8 Å². The summed E-state index contributed by atoms with van der Waals surface area (Å²) in [5.74, 6) is -0.243. The Hall–Kier alpha value is -3.87. The second kappa shape index (κ2) is 7.87. The van der Waals surface area contributed by atoms with E-state index in [1.807, 2.05) is 0 Å². The minimum atomic E-state index is -0.477. The number of aromatic hydroxyl groups is 1. The smallest absolute Gasteiger partial charge is 0.223 e. The predicted octanol–water partition coefficient (Wildman–Crippen LogP) is 3.74. The van der Waals surface area contributed by atoms with Crippen molar-refractivity contribution in [3.63, 3.8) is 0 Å². The lowest BCUT2D eigenvalue weighted by atomic mass is 10.1. The van der Waals surface area contributed by atoms with E-state index in [0.29, 0.717) is 33.5 Å². The van der Waals surface area contributed by atoms with E-state index in [9.17, 15) is 19.1 Å². The molecule has 2 heterocycles. The molecule has 2 aromatic carbocycles. The van der Waals surface area contributed by atoms with Gasteiger partial charge in [0.2, 0.25) is 5.43 Å². The number of pyridine rings is 1. The molecule has 0 amide bonds. The highest BCUT2D eigenvalue weighted by molar-refractivity contribution is 5.78. The number of aromatic nitrogens is 1. The SMILES string of the molecule is Cc1c(O)c(=O)ccn1Cc1coc2ccc(OCc3cccc(F)c3)cc2c1=O. The Bertz CT molecular complexity index is 1360. The molecule has 0 saturated carbocycles. The van der Waals surface area contributed by atoms with Gasteiger partial charge in [-0.2, -0.15) is 0 Å². The fourth-order valence-corrected chi connectivity index (χ4v) is 3.16. The van der Waals surface area contributed by atoms with Crippen molar-refractivity contribution < 1.29 is 18.7 Å². The lowest BCUT2D eigenvalue weighted by Gasteiger charge is -2.11. The second-order valence-corrected chi connectivity index (χ2v) is 6.91. The van der Waals surface area contributed by atoms with Crippen LogP contribution in [0.25, 0.3) is 11.0 Å². The fourth-order valence-electron chi connectivity index (χ4n) is 3.16. The van der Waals surface area contributed by atoms with Gasteiger partial charge in [0, 0.05) is 12.3 Å². The molecule has 0 saturated heterocycles. The number of ether oxygens (including phenoxy) is 1. The maximum absolute atomic E-state index is 13.3. The van der Waals surface area contributed by atoms with E-state index in [4.69, 9.17) is 9.15 Å². The number of rotatable bonds is 5. The largest absolute Gasteiger partial charge is 0.503 e. The van der Waals surface area contributed by atoms with Crippen LogP contribution in [0, 0.1) is 12.7 Å². The summed E-state index contributed by atoms with van der Waals surface area (Å²) in [5.41, 5.74) is 1.07. The van der Waals surface area contributed by atoms with E-state index >= 15 is 0 Å². The summed E-state index contributed by atoms with van der Waals surface area (Å²) < 4.78 is 26.2. The first kappa shape index (κ1) is 19.4. The van der Waals surface area contributed by atoms with Gasteiger partial charge in [-0.15, -0.1) is 0 Å². The Morgan fingerprint density at radius 1 is 1.13 bits per heavy atom. The molecule has 2 aromatic heterocycles. The van der Waals surface area contributed by atoms with Crippen molar-refractivity contribution in [1.29, 1.82) is 0 Å². The Labute approximate surface area is 170 Å². The molecule has 0 bridgehead atoms. The van der Waals surface area contributed by atoms with Crippen LogP contribution < -0.4 is 15.6 Å². The number of halogens is 1. The van der Waals surface area contributed by atoms with E-state index < -0.39 is 5.43 Å². The molecular weight excluding hydrogens is 389 g/mol. The van der Waals surface area contributed by atoms with E-state index in [1.54, 1.807) is 41.8 Å². The fraction of sp³-hybridized carbons (Fsp3) is 0.130. The molecular formula is C23H18FNO5. The van der Waals surface area contributed by atoms with Crippen LogP contribution in [-0.2, 0) is 13.2 Å². The molecule has 1 N–H and O–H groups in total. The van der Waals surface area contributed by atoms with Gasteiger partial charge >= 0.3 is 0 Å². The summed E-state index contributed by atoms with van der Waals surface area (Å²) in [4.78, 5) is 24.5. The van der Waals surface area contributed by atoms with Crippen LogP contribution >= 0.6 is 0 Å². The Morgan fingerprint density at radius 3 is 2.77 bits per heavy atom. The molecule has 0 aliphatic rings. The molecule has 4 rings (SSSR count). The van der Waals surface area contributed by atoms with Crippen molar-refractivity contribution in [3.8, 4) is 11.5 Å². The van der Waals surface area contributed by atoms with Crippen LogP contribution in [0.15, 0.2) is 75.0 Å². The number of benzene rings is 2. The van der Waals surface area contributed by atoms with Gasteiger partial charge in [0.25, 0.3) is 0 Å². The van der Waals surface area contributed by atoms with Crippen molar-refractivity contribution in [3.05, 3.63) is 104 Å². The van der Waals surface area contributed by atoms with Gasteiger partial charge in [0.15, 0.2) is 11.2 Å². The van der Waals surface area contributed by atoms with Crippen LogP contribution in [-0.4, -0.2) is 9.67 Å². The van der Waals surface area contributed by atoms with E-state index in [1.165, 1.54) is 30.7 Å². The molecule has 6 nitrogen and oxygen atoms in total. The molecule has 4 aromatic rings. The molecule has 0 spiro atoms. The third-order valence-electron chi connectivity index (χ3n) is 4.86. The van der Waals surface area contributed by atoms with Gasteiger partial charge in [-0.3, -0.25) is 9.59 Å². The number of hydrogen-bond donors (Lipinski definition) is 1. The zero-order valence-corrected chi connectivity index (χ0v) is 16.1. The summed E-state index contributed by atoms with van der Waals surface area (Å²) in [6, 6.07) is 12.2. The molecule has 7 heteroatoms. The van der Waals surface area contributed by atoms with Gasteiger partial charge in [-0.1, -0.05) is 12.1 Å². The summed E-state index contributed by atoms with van der Waals surface area (Å²) in [5, 5.41) is 10.2. The monoisotopic (exact) mass is 407 g/mol. The van der Waals surface area contributed by atoms with Crippen molar-refractivity contribution in [2.45, 2.75) is 20.1 Å². The summed E-state index contributed by atoms with van der Waals surface area (Å²) in [6.45, 7) is 1.88. The van der Waals surface area contributed by atoms with Gasteiger partial charge in [-0.05, 0) is 42.8 Å². The molecule has 30 heavy (non-hydrogen) atoms. The average Bonchev–Trinajstić information content (AvgIpc) is 2.74. The average molecular weight is 407 g/mol. The summed E-state index contributed by atoms with van der Waals surface area (Å²) in [7, 11) is 0. The first-order valence-corrected chi connectivity index (χ1v) is 9.23. The molecule has 0 aliphatic carbocycles. The van der Waals surface area contributed by atoms with Gasteiger partial charge in [0.05, 0.1) is 29.5 Å². The van der Waals surface area contributed by atoms with Crippen molar-refractivity contribution in [2.75, 3.05) is 0 Å². The normalized spacial score (nSPS) is 11.0. The van der Waals surface area contributed by atoms with Crippen molar-refractivity contribution in [2.24, 2.45) is 0 Å². The highest BCUT2D eigenvalue weighted by atomic mass is 19.1. The summed E-state index contributed by atoms with van der Waals surface area (Å²) in [6.07, 6.45) is 2.88. The number of nitrogens with zero attached hydrogens (tertiary/aromatic N) is 1. The number of hydrogen-bond acceptors (Lipinski definition) is 5. The zero-order valence-electron chi connectivity index (χ0n) is 16.1. The van der Waals surface area contributed by atoms with Crippen LogP contribution in [0.3, 0.4) is 0 Å². The second-order valence-electron chi connectivity index (χ2n) is 6.91. The highest BCUT2D eigenvalue weighted by Crippen LogP contribution is 2.21. The molecule has 0 fully saturated rings. The van der Waals surface area contributed by atoms with Crippen LogP contribution in [0.4, 0.5) is 4.39 Å². The first-order chi connectivity index (χ1) is 14.4. The summed E-state index contributed by atoms with van der Waals surface area (Å²) >= 11 is 0. The molecule has 0 atom stereocenters. The Morgan fingerprint density at radius 2 is 1.97 bits per heavy atom. The number of fused-ring (bicyclic) bond motifs is 1. The van der Waals surface area contributed by atoms with E-state index in [-0.39, 0.29) is 30.1 Å². The molecule has 0 aliphatic heterocycles.